The Bertz CT molecular complexity index is 707. The quantitative estimate of drug-likeness (QED) is 0.509. The first-order valence-electron chi connectivity index (χ1n) is 5.89. The second kappa shape index (κ2) is 6.53. The van der Waals surface area contributed by atoms with Gasteiger partial charge in [-0.3, -0.25) is 10.1 Å². The molecular formula is C14H10Br2FNO3. The topological polar surface area (TPSA) is 52.4 Å². The molecule has 0 fully saturated rings. The number of rotatable bonds is 4. The SMILES string of the molecule is Cc1cc(Br)cc([N+](=O)[O-])c1OCc1ccc(Br)cc1F. The molecule has 0 aliphatic rings. The van der Waals surface area contributed by atoms with Crippen LogP contribution in [0.3, 0.4) is 0 Å². The van der Waals surface area contributed by atoms with Gasteiger partial charge in [0, 0.05) is 20.6 Å². The van der Waals surface area contributed by atoms with E-state index in [4.69, 9.17) is 4.74 Å². The van der Waals surface area contributed by atoms with Crippen molar-refractivity contribution in [3.05, 3.63) is 66.3 Å². The van der Waals surface area contributed by atoms with Crippen molar-refractivity contribution in [1.29, 1.82) is 0 Å². The summed E-state index contributed by atoms with van der Waals surface area (Å²) in [5, 5.41) is 11.1. The van der Waals surface area contributed by atoms with Gasteiger partial charge >= 0.3 is 5.69 Å². The molecule has 2 rings (SSSR count). The van der Waals surface area contributed by atoms with Gasteiger partial charge in [-0.05, 0) is 30.7 Å². The van der Waals surface area contributed by atoms with Crippen molar-refractivity contribution in [1.82, 2.24) is 0 Å². The number of nitro benzene ring substituents is 1. The largest absolute Gasteiger partial charge is 0.482 e. The highest BCUT2D eigenvalue weighted by Gasteiger charge is 2.19. The van der Waals surface area contributed by atoms with Gasteiger partial charge < -0.3 is 4.74 Å². The lowest BCUT2D eigenvalue weighted by atomic mass is 10.2. The molecule has 0 bridgehead atoms. The molecule has 0 aromatic heterocycles. The Morgan fingerprint density at radius 3 is 2.57 bits per heavy atom. The molecule has 0 unspecified atom stereocenters. The molecule has 2 aromatic rings. The first-order valence-corrected chi connectivity index (χ1v) is 7.48. The summed E-state index contributed by atoms with van der Waals surface area (Å²) in [6.07, 6.45) is 0. The predicted molar refractivity (Wildman–Crippen MR) is 84.0 cm³/mol. The maximum atomic E-state index is 13.7. The number of aryl methyl sites for hydroxylation is 1. The smallest absolute Gasteiger partial charge is 0.312 e. The van der Waals surface area contributed by atoms with E-state index in [-0.39, 0.29) is 18.0 Å². The Kier molecular flexibility index (Phi) is 4.95. The highest BCUT2D eigenvalue weighted by atomic mass is 79.9. The van der Waals surface area contributed by atoms with Crippen molar-refractivity contribution in [3.63, 3.8) is 0 Å². The Morgan fingerprint density at radius 2 is 1.95 bits per heavy atom. The molecule has 0 aliphatic carbocycles. The molecule has 0 N–H and O–H groups in total. The normalized spacial score (nSPS) is 10.5. The molecule has 2 aromatic carbocycles. The molecule has 0 saturated heterocycles. The second-order valence-corrected chi connectivity index (χ2v) is 6.18. The van der Waals surface area contributed by atoms with Gasteiger partial charge in [-0.1, -0.05) is 37.9 Å². The number of ether oxygens (including phenoxy) is 1. The highest BCUT2D eigenvalue weighted by molar-refractivity contribution is 9.10. The Labute approximate surface area is 137 Å². The van der Waals surface area contributed by atoms with E-state index < -0.39 is 10.7 Å². The van der Waals surface area contributed by atoms with Crippen LogP contribution in [0.25, 0.3) is 0 Å². The summed E-state index contributed by atoms with van der Waals surface area (Å²) in [7, 11) is 0. The minimum atomic E-state index is -0.523. The van der Waals surface area contributed by atoms with Crippen LogP contribution in [0.5, 0.6) is 5.75 Å². The van der Waals surface area contributed by atoms with Crippen LogP contribution in [0.2, 0.25) is 0 Å². The number of hydrogen-bond donors (Lipinski definition) is 0. The summed E-state index contributed by atoms with van der Waals surface area (Å²) in [5.74, 6) is -0.285. The standard InChI is InChI=1S/C14H10Br2FNO3/c1-8-4-11(16)6-13(18(19)20)14(8)21-7-9-2-3-10(15)5-12(9)17/h2-6H,7H2,1H3. The summed E-state index contributed by atoms with van der Waals surface area (Å²) in [4.78, 5) is 10.6. The van der Waals surface area contributed by atoms with E-state index in [1.165, 1.54) is 12.1 Å². The molecule has 0 atom stereocenters. The number of nitro groups is 1. The van der Waals surface area contributed by atoms with E-state index in [2.05, 4.69) is 31.9 Å². The maximum absolute atomic E-state index is 13.7. The number of halogens is 3. The average Bonchev–Trinajstić information content (AvgIpc) is 2.38. The lowest BCUT2D eigenvalue weighted by Gasteiger charge is -2.11. The molecule has 0 aliphatic heterocycles. The monoisotopic (exact) mass is 417 g/mol. The molecule has 0 amide bonds. The lowest BCUT2D eigenvalue weighted by Crippen LogP contribution is -2.02. The molecule has 21 heavy (non-hydrogen) atoms. The molecule has 0 radical (unpaired) electrons. The van der Waals surface area contributed by atoms with Crippen LogP contribution in [-0.2, 0) is 6.61 Å². The van der Waals surface area contributed by atoms with Gasteiger partial charge in [0.05, 0.1) is 4.92 Å². The number of nitrogens with zero attached hydrogens (tertiary/aromatic N) is 1. The van der Waals surface area contributed by atoms with Gasteiger partial charge in [0.1, 0.15) is 12.4 Å². The molecule has 0 spiro atoms. The third-order valence-corrected chi connectivity index (χ3v) is 3.75. The van der Waals surface area contributed by atoms with Crippen molar-refractivity contribution < 1.29 is 14.1 Å². The molecule has 0 heterocycles. The van der Waals surface area contributed by atoms with Crippen molar-refractivity contribution >= 4 is 37.5 Å². The van der Waals surface area contributed by atoms with Crippen molar-refractivity contribution in [2.24, 2.45) is 0 Å². The lowest BCUT2D eigenvalue weighted by molar-refractivity contribution is -0.386. The molecular weight excluding hydrogens is 409 g/mol. The predicted octanol–water partition coefficient (Wildman–Crippen LogP) is 5.15. The van der Waals surface area contributed by atoms with Gasteiger partial charge in [0.2, 0.25) is 0 Å². The number of hydrogen-bond acceptors (Lipinski definition) is 3. The van der Waals surface area contributed by atoms with Crippen LogP contribution in [0.1, 0.15) is 11.1 Å². The third-order valence-electron chi connectivity index (χ3n) is 2.80. The fourth-order valence-electron chi connectivity index (χ4n) is 1.82. The number of benzene rings is 2. The summed E-state index contributed by atoms with van der Waals surface area (Å²) >= 11 is 6.37. The summed E-state index contributed by atoms with van der Waals surface area (Å²) < 4.78 is 20.4. The van der Waals surface area contributed by atoms with E-state index >= 15 is 0 Å². The molecule has 7 heteroatoms. The minimum absolute atomic E-state index is 0.0809. The zero-order chi connectivity index (χ0) is 15.6. The minimum Gasteiger partial charge on any atom is -0.482 e. The van der Waals surface area contributed by atoms with Gasteiger partial charge in [-0.2, -0.15) is 0 Å². The molecule has 0 saturated carbocycles. The fraction of sp³-hybridized carbons (Fsp3) is 0.143. The summed E-state index contributed by atoms with van der Waals surface area (Å²) in [6, 6.07) is 7.64. The fourth-order valence-corrected chi connectivity index (χ4v) is 2.72. The molecule has 110 valence electrons. The first kappa shape index (κ1) is 15.9. The zero-order valence-corrected chi connectivity index (χ0v) is 14.1. The summed E-state index contributed by atoms with van der Waals surface area (Å²) in [5.41, 5.74) is 0.780. The van der Waals surface area contributed by atoms with E-state index in [0.29, 0.717) is 20.1 Å². The van der Waals surface area contributed by atoms with Gasteiger partial charge in [-0.25, -0.2) is 4.39 Å². The Balaban J connectivity index is 2.29. The van der Waals surface area contributed by atoms with Gasteiger partial charge in [0.15, 0.2) is 5.75 Å². The van der Waals surface area contributed by atoms with Crippen LogP contribution in [0.4, 0.5) is 10.1 Å². The first-order chi connectivity index (χ1) is 9.88. The van der Waals surface area contributed by atoms with Crippen LogP contribution >= 0.6 is 31.9 Å². The van der Waals surface area contributed by atoms with Crippen molar-refractivity contribution in [2.75, 3.05) is 0 Å². The van der Waals surface area contributed by atoms with Crippen LogP contribution in [0, 0.1) is 22.9 Å². The zero-order valence-electron chi connectivity index (χ0n) is 10.9. The van der Waals surface area contributed by atoms with E-state index in [0.717, 1.165) is 0 Å². The highest BCUT2D eigenvalue weighted by Crippen LogP contribution is 2.34. The van der Waals surface area contributed by atoms with E-state index in [9.17, 15) is 14.5 Å². The van der Waals surface area contributed by atoms with Crippen LogP contribution in [0.15, 0.2) is 39.3 Å². The van der Waals surface area contributed by atoms with Crippen LogP contribution < -0.4 is 4.74 Å². The van der Waals surface area contributed by atoms with Crippen LogP contribution in [-0.4, -0.2) is 4.92 Å². The third kappa shape index (κ3) is 3.79. The molecule has 4 nitrogen and oxygen atoms in total. The maximum Gasteiger partial charge on any atom is 0.312 e. The Morgan fingerprint density at radius 1 is 1.24 bits per heavy atom. The summed E-state index contributed by atoms with van der Waals surface area (Å²) in [6.45, 7) is 1.62. The van der Waals surface area contributed by atoms with Gasteiger partial charge in [0.25, 0.3) is 0 Å². The van der Waals surface area contributed by atoms with Crippen molar-refractivity contribution in [2.45, 2.75) is 13.5 Å². The van der Waals surface area contributed by atoms with Crippen molar-refractivity contribution in [3.8, 4) is 5.75 Å². The van der Waals surface area contributed by atoms with Gasteiger partial charge in [-0.15, -0.1) is 0 Å². The average molecular weight is 419 g/mol. The van der Waals surface area contributed by atoms with E-state index in [1.54, 1.807) is 25.1 Å². The second-order valence-electron chi connectivity index (χ2n) is 4.35. The Hall–Kier alpha value is -1.47. The van der Waals surface area contributed by atoms with E-state index in [1.807, 2.05) is 0 Å².